The van der Waals surface area contributed by atoms with Crippen LogP contribution in [0.5, 0.6) is 11.5 Å². The lowest BCUT2D eigenvalue weighted by molar-refractivity contribution is 0.317. The first-order valence-corrected chi connectivity index (χ1v) is 7.01. The second-order valence-electron chi connectivity index (χ2n) is 4.60. The molecule has 0 aliphatic heterocycles. The SMILES string of the molecule is CCOc1cccc(CNc2ccc(CC)cc2)c1O. The molecule has 0 radical (unpaired) electrons. The van der Waals surface area contributed by atoms with Gasteiger partial charge in [-0.15, -0.1) is 0 Å². The van der Waals surface area contributed by atoms with E-state index in [1.807, 2.05) is 19.1 Å². The van der Waals surface area contributed by atoms with Crippen molar-refractivity contribution in [2.45, 2.75) is 26.8 Å². The first-order valence-electron chi connectivity index (χ1n) is 7.01. The van der Waals surface area contributed by atoms with Gasteiger partial charge in [-0.05, 0) is 37.1 Å². The second kappa shape index (κ2) is 6.85. The molecule has 0 fully saturated rings. The lowest BCUT2D eigenvalue weighted by atomic mass is 10.1. The van der Waals surface area contributed by atoms with E-state index in [9.17, 15) is 5.11 Å². The number of ether oxygens (including phenoxy) is 1. The molecule has 2 aromatic carbocycles. The summed E-state index contributed by atoms with van der Waals surface area (Å²) in [6.07, 6.45) is 1.04. The van der Waals surface area contributed by atoms with E-state index in [1.54, 1.807) is 6.07 Å². The summed E-state index contributed by atoms with van der Waals surface area (Å²) >= 11 is 0. The first-order chi connectivity index (χ1) is 9.74. The van der Waals surface area contributed by atoms with E-state index in [0.717, 1.165) is 17.7 Å². The fourth-order valence-corrected chi connectivity index (χ4v) is 2.04. The Morgan fingerprint density at radius 2 is 1.80 bits per heavy atom. The summed E-state index contributed by atoms with van der Waals surface area (Å²) in [5.74, 6) is 0.750. The number of para-hydroxylation sites is 1. The van der Waals surface area contributed by atoms with E-state index in [2.05, 4.69) is 36.5 Å². The standard InChI is InChI=1S/C17H21NO2/c1-3-13-8-10-15(11-9-13)18-12-14-6-5-7-16(17(14)19)20-4-2/h5-11,18-19H,3-4,12H2,1-2H3. The lowest BCUT2D eigenvalue weighted by Gasteiger charge is -2.12. The summed E-state index contributed by atoms with van der Waals surface area (Å²) in [5, 5.41) is 13.4. The van der Waals surface area contributed by atoms with Crippen LogP contribution in [0.25, 0.3) is 0 Å². The summed E-state index contributed by atoms with van der Waals surface area (Å²) in [7, 11) is 0. The topological polar surface area (TPSA) is 41.5 Å². The number of rotatable bonds is 6. The van der Waals surface area contributed by atoms with Gasteiger partial charge in [0.2, 0.25) is 0 Å². The predicted molar refractivity (Wildman–Crippen MR) is 82.4 cm³/mol. The Morgan fingerprint density at radius 1 is 1.05 bits per heavy atom. The molecule has 2 aromatic rings. The number of nitrogens with one attached hydrogen (secondary N) is 1. The van der Waals surface area contributed by atoms with Gasteiger partial charge >= 0.3 is 0 Å². The fraction of sp³-hybridized carbons (Fsp3) is 0.294. The molecule has 0 heterocycles. The van der Waals surface area contributed by atoms with E-state index in [1.165, 1.54) is 5.56 Å². The molecule has 0 amide bonds. The van der Waals surface area contributed by atoms with Gasteiger partial charge in [0.25, 0.3) is 0 Å². The van der Waals surface area contributed by atoms with Crippen LogP contribution in [0.3, 0.4) is 0 Å². The molecule has 0 aliphatic carbocycles. The molecular formula is C17H21NO2. The highest BCUT2D eigenvalue weighted by Crippen LogP contribution is 2.30. The highest BCUT2D eigenvalue weighted by Gasteiger charge is 2.07. The number of anilines is 1. The molecule has 0 atom stereocenters. The van der Waals surface area contributed by atoms with Crippen LogP contribution in [-0.4, -0.2) is 11.7 Å². The zero-order chi connectivity index (χ0) is 14.4. The van der Waals surface area contributed by atoms with Gasteiger partial charge < -0.3 is 15.2 Å². The highest BCUT2D eigenvalue weighted by molar-refractivity contribution is 5.49. The number of phenolic OH excluding ortho intramolecular Hbond substituents is 1. The van der Waals surface area contributed by atoms with Crippen LogP contribution in [0.1, 0.15) is 25.0 Å². The van der Waals surface area contributed by atoms with Gasteiger partial charge in [0.15, 0.2) is 11.5 Å². The molecule has 0 unspecified atom stereocenters. The normalized spacial score (nSPS) is 10.3. The van der Waals surface area contributed by atoms with Crippen molar-refractivity contribution >= 4 is 5.69 Å². The third kappa shape index (κ3) is 3.44. The third-order valence-electron chi connectivity index (χ3n) is 3.23. The van der Waals surface area contributed by atoms with Gasteiger partial charge in [0, 0.05) is 17.8 Å². The van der Waals surface area contributed by atoms with Crippen LogP contribution in [0.4, 0.5) is 5.69 Å². The van der Waals surface area contributed by atoms with E-state index in [4.69, 9.17) is 4.74 Å². The Bertz CT molecular complexity index is 549. The molecule has 0 saturated heterocycles. The predicted octanol–water partition coefficient (Wildman–Crippen LogP) is 3.97. The van der Waals surface area contributed by atoms with Crippen LogP contribution in [0.2, 0.25) is 0 Å². The van der Waals surface area contributed by atoms with Crippen molar-refractivity contribution in [3.05, 3.63) is 53.6 Å². The minimum atomic E-state index is 0.215. The van der Waals surface area contributed by atoms with Crippen molar-refractivity contribution in [1.29, 1.82) is 0 Å². The van der Waals surface area contributed by atoms with Crippen molar-refractivity contribution in [1.82, 2.24) is 0 Å². The fourth-order valence-electron chi connectivity index (χ4n) is 2.04. The van der Waals surface area contributed by atoms with Gasteiger partial charge in [0.1, 0.15) is 0 Å². The van der Waals surface area contributed by atoms with E-state index in [-0.39, 0.29) is 5.75 Å². The molecule has 0 aliphatic rings. The maximum Gasteiger partial charge on any atom is 0.162 e. The van der Waals surface area contributed by atoms with Crippen molar-refractivity contribution in [3.63, 3.8) is 0 Å². The number of benzene rings is 2. The van der Waals surface area contributed by atoms with E-state index in [0.29, 0.717) is 18.9 Å². The Kier molecular flexibility index (Phi) is 4.88. The number of aryl methyl sites for hydroxylation is 1. The Labute approximate surface area is 120 Å². The minimum absolute atomic E-state index is 0.215. The Morgan fingerprint density at radius 3 is 2.45 bits per heavy atom. The molecule has 106 valence electrons. The zero-order valence-corrected chi connectivity index (χ0v) is 12.0. The number of phenols is 1. The smallest absolute Gasteiger partial charge is 0.162 e. The molecule has 0 aromatic heterocycles. The molecule has 20 heavy (non-hydrogen) atoms. The third-order valence-corrected chi connectivity index (χ3v) is 3.23. The highest BCUT2D eigenvalue weighted by atomic mass is 16.5. The minimum Gasteiger partial charge on any atom is -0.504 e. The Balaban J connectivity index is 2.04. The van der Waals surface area contributed by atoms with E-state index >= 15 is 0 Å². The number of aromatic hydroxyl groups is 1. The van der Waals surface area contributed by atoms with Gasteiger partial charge in [-0.1, -0.05) is 31.2 Å². The summed E-state index contributed by atoms with van der Waals surface area (Å²) in [4.78, 5) is 0. The molecule has 0 saturated carbocycles. The summed E-state index contributed by atoms with van der Waals surface area (Å²) < 4.78 is 5.38. The van der Waals surface area contributed by atoms with Crippen LogP contribution in [0, 0.1) is 0 Å². The number of hydrogen-bond donors (Lipinski definition) is 2. The largest absolute Gasteiger partial charge is 0.504 e. The Hall–Kier alpha value is -2.16. The summed E-state index contributed by atoms with van der Waals surface area (Å²) in [6, 6.07) is 13.9. The lowest BCUT2D eigenvalue weighted by Crippen LogP contribution is -2.01. The molecule has 0 spiro atoms. The van der Waals surface area contributed by atoms with Crippen LogP contribution in [0.15, 0.2) is 42.5 Å². The van der Waals surface area contributed by atoms with Gasteiger partial charge in [-0.3, -0.25) is 0 Å². The first kappa shape index (κ1) is 14.3. The second-order valence-corrected chi connectivity index (χ2v) is 4.60. The zero-order valence-electron chi connectivity index (χ0n) is 12.0. The molecule has 0 bridgehead atoms. The van der Waals surface area contributed by atoms with Gasteiger partial charge in [-0.25, -0.2) is 0 Å². The molecule has 2 N–H and O–H groups in total. The average molecular weight is 271 g/mol. The molecular weight excluding hydrogens is 250 g/mol. The summed E-state index contributed by atoms with van der Waals surface area (Å²) in [5.41, 5.74) is 3.19. The quantitative estimate of drug-likeness (QED) is 0.835. The van der Waals surface area contributed by atoms with Gasteiger partial charge in [-0.2, -0.15) is 0 Å². The monoisotopic (exact) mass is 271 g/mol. The van der Waals surface area contributed by atoms with Crippen molar-refractivity contribution in [2.24, 2.45) is 0 Å². The number of hydrogen-bond acceptors (Lipinski definition) is 3. The maximum absolute atomic E-state index is 10.1. The van der Waals surface area contributed by atoms with Crippen molar-refractivity contribution in [3.8, 4) is 11.5 Å². The maximum atomic E-state index is 10.1. The average Bonchev–Trinajstić information content (AvgIpc) is 2.49. The molecule has 3 heteroatoms. The molecule has 2 rings (SSSR count). The summed E-state index contributed by atoms with van der Waals surface area (Å²) in [6.45, 7) is 5.15. The molecule has 3 nitrogen and oxygen atoms in total. The van der Waals surface area contributed by atoms with Gasteiger partial charge in [0.05, 0.1) is 6.61 Å². The van der Waals surface area contributed by atoms with Crippen LogP contribution >= 0.6 is 0 Å². The van der Waals surface area contributed by atoms with Crippen LogP contribution < -0.4 is 10.1 Å². The van der Waals surface area contributed by atoms with E-state index < -0.39 is 0 Å². The van der Waals surface area contributed by atoms with Crippen molar-refractivity contribution in [2.75, 3.05) is 11.9 Å². The van der Waals surface area contributed by atoms with Crippen LogP contribution in [-0.2, 0) is 13.0 Å². The van der Waals surface area contributed by atoms with Crippen molar-refractivity contribution < 1.29 is 9.84 Å².